The first-order valence-electron chi connectivity index (χ1n) is 8.66. The smallest absolute Gasteiger partial charge is 0.326 e. The summed E-state index contributed by atoms with van der Waals surface area (Å²) in [6.45, 7) is 3.63. The summed E-state index contributed by atoms with van der Waals surface area (Å²) in [5.41, 5.74) is 2.59. The van der Waals surface area contributed by atoms with E-state index in [1.807, 2.05) is 0 Å². The molecule has 0 fully saturated rings. The molecule has 7 nitrogen and oxygen atoms in total. The molecule has 27 heavy (non-hydrogen) atoms. The molecule has 0 unspecified atom stereocenters. The Balaban J connectivity index is 1.93. The van der Waals surface area contributed by atoms with Crippen LogP contribution in [0, 0.1) is 18.3 Å². The van der Waals surface area contributed by atoms with Crippen molar-refractivity contribution in [2.24, 2.45) is 0 Å². The van der Waals surface area contributed by atoms with Crippen LogP contribution in [0.15, 0.2) is 30.3 Å². The van der Waals surface area contributed by atoms with Crippen LogP contribution in [-0.4, -0.2) is 30.0 Å². The molecular formula is C20H19N3O4. The largest absolute Gasteiger partial charge is 0.465 e. The number of benzene rings is 1. The van der Waals surface area contributed by atoms with Gasteiger partial charge in [0, 0.05) is 23.7 Å². The van der Waals surface area contributed by atoms with Gasteiger partial charge >= 0.3 is 5.97 Å². The van der Waals surface area contributed by atoms with E-state index in [-0.39, 0.29) is 25.5 Å². The van der Waals surface area contributed by atoms with Gasteiger partial charge in [-0.25, -0.2) is 4.98 Å². The summed E-state index contributed by atoms with van der Waals surface area (Å²) in [5.74, 6) is 0.279. The maximum Gasteiger partial charge on any atom is 0.326 e. The van der Waals surface area contributed by atoms with Crippen molar-refractivity contribution in [1.82, 2.24) is 4.98 Å². The molecule has 0 spiro atoms. The van der Waals surface area contributed by atoms with Gasteiger partial charge in [0.25, 0.3) is 0 Å². The minimum atomic E-state index is -0.455. The molecule has 3 rings (SSSR count). The highest BCUT2D eigenvalue weighted by Gasteiger charge is 2.28. The molecule has 0 radical (unpaired) electrons. The lowest BCUT2D eigenvalue weighted by Gasteiger charge is -2.29. The fourth-order valence-electron chi connectivity index (χ4n) is 3.03. The van der Waals surface area contributed by atoms with Crippen molar-refractivity contribution in [1.29, 1.82) is 5.26 Å². The van der Waals surface area contributed by atoms with E-state index >= 15 is 0 Å². The van der Waals surface area contributed by atoms with Crippen LogP contribution in [0.5, 0.6) is 11.6 Å². The number of nitrogens with zero attached hydrogens (tertiary/aromatic N) is 3. The Morgan fingerprint density at radius 3 is 2.89 bits per heavy atom. The molecule has 1 aliphatic rings. The van der Waals surface area contributed by atoms with Gasteiger partial charge in [0.15, 0.2) is 0 Å². The predicted molar refractivity (Wildman–Crippen MR) is 97.5 cm³/mol. The van der Waals surface area contributed by atoms with Gasteiger partial charge < -0.3 is 14.4 Å². The third-order valence-corrected chi connectivity index (χ3v) is 4.16. The second-order valence-electron chi connectivity index (χ2n) is 6.09. The highest BCUT2D eigenvalue weighted by atomic mass is 16.5. The summed E-state index contributed by atoms with van der Waals surface area (Å²) in [7, 11) is 0. The summed E-state index contributed by atoms with van der Waals surface area (Å²) in [6.07, 6.45) is 0.776. The highest BCUT2D eigenvalue weighted by Crippen LogP contribution is 2.36. The van der Waals surface area contributed by atoms with Gasteiger partial charge in [0.2, 0.25) is 11.8 Å². The first-order chi connectivity index (χ1) is 13.0. The highest BCUT2D eigenvalue weighted by molar-refractivity contribution is 6.00. The van der Waals surface area contributed by atoms with Gasteiger partial charge in [0.1, 0.15) is 12.3 Å². The summed E-state index contributed by atoms with van der Waals surface area (Å²) in [5, 5.41) is 9.11. The summed E-state index contributed by atoms with van der Waals surface area (Å²) < 4.78 is 10.9. The van der Waals surface area contributed by atoms with Gasteiger partial charge in [0.05, 0.1) is 23.9 Å². The van der Waals surface area contributed by atoms with Crippen molar-refractivity contribution in [3.8, 4) is 17.7 Å². The molecule has 0 N–H and O–H groups in total. The van der Waals surface area contributed by atoms with E-state index in [0.29, 0.717) is 35.0 Å². The van der Waals surface area contributed by atoms with Gasteiger partial charge in [-0.15, -0.1) is 0 Å². The zero-order chi connectivity index (χ0) is 19.4. The number of ether oxygens (including phenoxy) is 2. The van der Waals surface area contributed by atoms with Crippen LogP contribution in [-0.2, 0) is 20.7 Å². The molecule has 0 aliphatic carbocycles. The average Bonchev–Trinajstić information content (AvgIpc) is 2.64. The molecule has 1 amide bonds. The first-order valence-corrected chi connectivity index (χ1v) is 8.66. The second-order valence-corrected chi connectivity index (χ2v) is 6.09. The van der Waals surface area contributed by atoms with Crippen LogP contribution in [0.2, 0.25) is 0 Å². The molecule has 2 heterocycles. The lowest BCUT2D eigenvalue weighted by Crippen LogP contribution is -2.39. The van der Waals surface area contributed by atoms with Crippen LogP contribution in [0.4, 0.5) is 5.69 Å². The van der Waals surface area contributed by atoms with E-state index in [1.165, 1.54) is 4.90 Å². The number of pyridine rings is 1. The van der Waals surface area contributed by atoms with Crippen molar-refractivity contribution in [2.45, 2.75) is 26.7 Å². The van der Waals surface area contributed by atoms with E-state index in [2.05, 4.69) is 11.1 Å². The monoisotopic (exact) mass is 365 g/mol. The average molecular weight is 365 g/mol. The Morgan fingerprint density at radius 2 is 2.15 bits per heavy atom. The SMILES string of the molecule is CCOC(=O)CN1C(=O)CCc2c(Oc3cc(C#N)cc(C)n3)cccc21. The van der Waals surface area contributed by atoms with Crippen molar-refractivity contribution in [2.75, 3.05) is 18.1 Å². The number of carbonyl (C=O) groups is 2. The number of nitriles is 1. The molecule has 2 aromatic rings. The number of hydrogen-bond donors (Lipinski definition) is 0. The fraction of sp³-hybridized carbons (Fsp3) is 0.300. The van der Waals surface area contributed by atoms with Crippen LogP contribution in [0.3, 0.4) is 0 Å². The van der Waals surface area contributed by atoms with Crippen molar-refractivity contribution in [3.05, 3.63) is 47.2 Å². The number of hydrogen-bond acceptors (Lipinski definition) is 6. The van der Waals surface area contributed by atoms with Crippen molar-refractivity contribution < 1.29 is 19.1 Å². The molecule has 1 aromatic carbocycles. The molecule has 1 aromatic heterocycles. The maximum atomic E-state index is 12.3. The van der Waals surface area contributed by atoms with Crippen LogP contribution < -0.4 is 9.64 Å². The number of fused-ring (bicyclic) bond motifs is 1. The van der Waals surface area contributed by atoms with Gasteiger partial charge in [-0.05, 0) is 38.5 Å². The number of esters is 1. The third kappa shape index (κ3) is 4.06. The van der Waals surface area contributed by atoms with Gasteiger partial charge in [-0.2, -0.15) is 5.26 Å². The van der Waals surface area contributed by atoms with E-state index in [0.717, 1.165) is 5.56 Å². The normalized spacial score (nSPS) is 12.9. The molecule has 0 saturated heterocycles. The van der Waals surface area contributed by atoms with Crippen LogP contribution in [0.25, 0.3) is 0 Å². The topological polar surface area (TPSA) is 92.5 Å². The maximum absolute atomic E-state index is 12.3. The number of carbonyl (C=O) groups excluding carboxylic acids is 2. The molecule has 0 atom stereocenters. The van der Waals surface area contributed by atoms with Crippen LogP contribution in [0.1, 0.15) is 30.2 Å². The lowest BCUT2D eigenvalue weighted by molar-refractivity contribution is -0.142. The Hall–Kier alpha value is -3.40. The van der Waals surface area contributed by atoms with E-state index in [9.17, 15) is 9.59 Å². The Labute approximate surface area is 157 Å². The minimum absolute atomic E-state index is 0.131. The summed E-state index contributed by atoms with van der Waals surface area (Å²) in [4.78, 5) is 29.9. The predicted octanol–water partition coefficient (Wildman–Crippen LogP) is 2.90. The van der Waals surface area contributed by atoms with Crippen LogP contribution >= 0.6 is 0 Å². The number of anilines is 1. The number of rotatable bonds is 5. The minimum Gasteiger partial charge on any atom is -0.465 e. The Morgan fingerprint density at radius 1 is 1.33 bits per heavy atom. The zero-order valence-corrected chi connectivity index (χ0v) is 15.2. The Kier molecular flexibility index (Phi) is 5.36. The van der Waals surface area contributed by atoms with Crippen molar-refractivity contribution in [3.63, 3.8) is 0 Å². The zero-order valence-electron chi connectivity index (χ0n) is 15.2. The van der Waals surface area contributed by atoms with Gasteiger partial charge in [-0.1, -0.05) is 6.07 Å². The number of aryl methyl sites for hydroxylation is 1. The van der Waals surface area contributed by atoms with E-state index < -0.39 is 5.97 Å². The summed E-state index contributed by atoms with van der Waals surface area (Å²) >= 11 is 0. The molecule has 7 heteroatoms. The Bertz CT molecular complexity index is 933. The third-order valence-electron chi connectivity index (χ3n) is 4.16. The van der Waals surface area contributed by atoms with Crippen molar-refractivity contribution >= 4 is 17.6 Å². The molecule has 0 saturated carbocycles. The van der Waals surface area contributed by atoms with Gasteiger partial charge in [-0.3, -0.25) is 9.59 Å². The number of aromatic nitrogens is 1. The molecule has 1 aliphatic heterocycles. The fourth-order valence-corrected chi connectivity index (χ4v) is 3.03. The van der Waals surface area contributed by atoms with E-state index in [1.54, 1.807) is 44.2 Å². The quantitative estimate of drug-likeness (QED) is 0.757. The summed E-state index contributed by atoms with van der Waals surface area (Å²) in [6, 6.07) is 10.6. The lowest BCUT2D eigenvalue weighted by atomic mass is 10.00. The number of amides is 1. The standard InChI is InChI=1S/C20H19N3O4/c1-3-26-20(25)12-23-16-5-4-6-17(15(16)7-8-19(23)24)27-18-10-14(11-21)9-13(2)22-18/h4-6,9-10H,3,7-8,12H2,1-2H3. The molecular weight excluding hydrogens is 346 g/mol. The molecule has 138 valence electrons. The molecule has 0 bridgehead atoms. The van der Waals surface area contributed by atoms with E-state index in [4.69, 9.17) is 14.7 Å². The first kappa shape index (κ1) is 18.4. The second kappa shape index (κ2) is 7.87.